The van der Waals surface area contributed by atoms with Crippen LogP contribution in [0.2, 0.25) is 0 Å². The highest BCUT2D eigenvalue weighted by Crippen LogP contribution is 2.62. The van der Waals surface area contributed by atoms with Gasteiger partial charge in [0.05, 0.1) is 5.41 Å². The predicted octanol–water partition coefficient (Wildman–Crippen LogP) is 4.58. The molecule has 0 spiro atoms. The lowest BCUT2D eigenvalue weighted by Gasteiger charge is -2.59. The van der Waals surface area contributed by atoms with Gasteiger partial charge >= 0.3 is 0 Å². The molecule has 2 heteroatoms. The Balaban J connectivity index is 1.88. The molecule has 2 bridgehead atoms. The topological polar surface area (TPSA) is 17.1 Å². The van der Waals surface area contributed by atoms with Gasteiger partial charge in [-0.05, 0) is 36.8 Å². The fourth-order valence-electron chi connectivity index (χ4n) is 3.97. The van der Waals surface area contributed by atoms with Crippen molar-refractivity contribution >= 4 is 17.5 Å². The van der Waals surface area contributed by atoms with Crippen molar-refractivity contribution in [3.63, 3.8) is 0 Å². The summed E-state index contributed by atoms with van der Waals surface area (Å²) < 4.78 is 0. The minimum Gasteiger partial charge on any atom is -0.298 e. The van der Waals surface area contributed by atoms with E-state index < -0.39 is 0 Å². The molecule has 0 amide bonds. The van der Waals surface area contributed by atoms with Crippen molar-refractivity contribution in [2.24, 2.45) is 23.2 Å². The van der Waals surface area contributed by atoms with Crippen molar-refractivity contribution in [1.29, 1.82) is 0 Å². The summed E-state index contributed by atoms with van der Waals surface area (Å²) in [4.78, 5) is 13.9. The molecular weight excluding hydrogens is 264 g/mol. The second kappa shape index (κ2) is 5.07. The summed E-state index contributed by atoms with van der Waals surface area (Å²) in [7, 11) is 0. The Kier molecular flexibility index (Phi) is 3.53. The molecule has 0 N–H and O–H groups in total. The van der Waals surface area contributed by atoms with Crippen molar-refractivity contribution in [2.75, 3.05) is 0 Å². The minimum atomic E-state index is -0.253. The normalized spacial score (nSPS) is 35.8. The summed E-state index contributed by atoms with van der Waals surface area (Å²) in [5.41, 5.74) is -0.253. The maximum absolute atomic E-state index is 12.6. The number of carbonyl (C=O) groups excluding carboxylic acids is 1. The van der Waals surface area contributed by atoms with Crippen LogP contribution in [0.15, 0.2) is 47.9 Å². The van der Waals surface area contributed by atoms with E-state index in [1.54, 1.807) is 0 Å². The first-order valence-electron chi connectivity index (χ1n) is 7.50. The first-order chi connectivity index (χ1) is 9.60. The summed E-state index contributed by atoms with van der Waals surface area (Å²) >= 11 is 1.88. The monoisotopic (exact) mass is 286 g/mol. The minimum absolute atomic E-state index is 0.229. The molecule has 4 atom stereocenters. The van der Waals surface area contributed by atoms with Crippen molar-refractivity contribution in [1.82, 2.24) is 0 Å². The molecule has 0 saturated heterocycles. The standard InChI is InChI=1S/C18H22OS/c1-4-18-11-10-14(12(2)3)15(16(18)19)17(18)20-13-8-6-5-7-9-13/h4-9,12,14-15,17H,1,10-11H2,2-3H3/t14-,15-,17-,18+/m0/s1. The first kappa shape index (κ1) is 13.9. The number of rotatable bonds is 4. The second-order valence-electron chi connectivity index (χ2n) is 6.43. The quantitative estimate of drug-likeness (QED) is 0.753. The first-order valence-corrected chi connectivity index (χ1v) is 8.38. The molecule has 1 aromatic rings. The summed E-state index contributed by atoms with van der Waals surface area (Å²) in [6.45, 7) is 8.47. The van der Waals surface area contributed by atoms with Crippen LogP contribution in [0.5, 0.6) is 0 Å². The Morgan fingerprint density at radius 1 is 1.35 bits per heavy atom. The Labute approximate surface area is 125 Å². The maximum Gasteiger partial charge on any atom is 0.148 e. The van der Waals surface area contributed by atoms with Crippen molar-refractivity contribution in [2.45, 2.75) is 36.8 Å². The predicted molar refractivity (Wildman–Crippen MR) is 84.8 cm³/mol. The van der Waals surface area contributed by atoms with Crippen molar-refractivity contribution in [3.05, 3.63) is 43.0 Å². The van der Waals surface area contributed by atoms with E-state index in [9.17, 15) is 4.79 Å². The smallest absolute Gasteiger partial charge is 0.148 e. The van der Waals surface area contributed by atoms with Gasteiger partial charge in [0.15, 0.2) is 0 Å². The molecule has 2 saturated carbocycles. The molecule has 0 heterocycles. The van der Waals surface area contributed by atoms with E-state index >= 15 is 0 Å². The number of Topliss-reactive ketones (excluding diaryl/α,β-unsaturated/α-hetero) is 1. The largest absolute Gasteiger partial charge is 0.298 e. The Bertz CT molecular complexity index is 521. The molecule has 0 aliphatic heterocycles. The number of benzene rings is 1. The van der Waals surface area contributed by atoms with Gasteiger partial charge in [0, 0.05) is 16.1 Å². The van der Waals surface area contributed by atoms with Crippen LogP contribution in [0.4, 0.5) is 0 Å². The Hall–Kier alpha value is -1.02. The third-order valence-corrected chi connectivity index (χ3v) is 6.69. The van der Waals surface area contributed by atoms with Crippen molar-refractivity contribution < 1.29 is 4.79 Å². The van der Waals surface area contributed by atoms with Gasteiger partial charge in [0.2, 0.25) is 0 Å². The van der Waals surface area contributed by atoms with Crippen LogP contribution >= 0.6 is 11.8 Å². The Morgan fingerprint density at radius 2 is 2.05 bits per heavy atom. The molecule has 1 nitrogen and oxygen atoms in total. The molecule has 2 fully saturated rings. The molecule has 106 valence electrons. The third kappa shape index (κ3) is 1.88. The molecule has 0 unspecified atom stereocenters. The lowest BCUT2D eigenvalue weighted by molar-refractivity contribution is -0.152. The summed E-state index contributed by atoms with van der Waals surface area (Å²) in [5, 5.41) is 0.385. The van der Waals surface area contributed by atoms with Crippen LogP contribution in [0.1, 0.15) is 26.7 Å². The highest BCUT2D eigenvalue weighted by molar-refractivity contribution is 8.00. The van der Waals surface area contributed by atoms with Gasteiger partial charge in [-0.15, -0.1) is 18.3 Å². The summed E-state index contributed by atoms with van der Waals surface area (Å²) in [6, 6.07) is 10.5. The molecular formula is C18H22OS. The van der Waals surface area contributed by atoms with E-state index in [-0.39, 0.29) is 11.3 Å². The zero-order valence-corrected chi connectivity index (χ0v) is 13.0. The van der Waals surface area contributed by atoms with Gasteiger partial charge in [-0.25, -0.2) is 0 Å². The zero-order chi connectivity index (χ0) is 14.3. The number of ketones is 1. The Morgan fingerprint density at radius 3 is 2.60 bits per heavy atom. The molecule has 20 heavy (non-hydrogen) atoms. The fraction of sp³-hybridized carbons (Fsp3) is 0.500. The van der Waals surface area contributed by atoms with E-state index in [0.717, 1.165) is 6.42 Å². The van der Waals surface area contributed by atoms with Crippen LogP contribution in [-0.4, -0.2) is 11.0 Å². The van der Waals surface area contributed by atoms with E-state index in [2.05, 4.69) is 44.7 Å². The van der Waals surface area contributed by atoms with Crippen molar-refractivity contribution in [3.8, 4) is 0 Å². The van der Waals surface area contributed by atoms with Gasteiger partial charge < -0.3 is 0 Å². The van der Waals surface area contributed by atoms with Crippen LogP contribution < -0.4 is 0 Å². The number of allylic oxidation sites excluding steroid dienone is 1. The summed E-state index contributed by atoms with van der Waals surface area (Å²) in [6.07, 6.45) is 4.09. The maximum atomic E-state index is 12.6. The SMILES string of the molecule is C=C[C@@]12CC[C@@H](C(C)C)[C@@H](C1=O)[C@@H]2Sc1ccccc1. The highest BCUT2D eigenvalue weighted by atomic mass is 32.2. The number of fused-ring (bicyclic) bond motifs is 2. The lowest BCUT2D eigenvalue weighted by atomic mass is 9.47. The zero-order valence-electron chi connectivity index (χ0n) is 12.2. The number of carbonyl (C=O) groups is 1. The average molecular weight is 286 g/mol. The molecule has 2 aliphatic rings. The van der Waals surface area contributed by atoms with Crippen LogP contribution in [0, 0.1) is 23.2 Å². The molecule has 1 aromatic carbocycles. The molecule has 0 aromatic heterocycles. The van der Waals surface area contributed by atoms with E-state index in [1.165, 1.54) is 11.3 Å². The van der Waals surface area contributed by atoms with Crippen LogP contribution in [-0.2, 0) is 4.79 Å². The van der Waals surface area contributed by atoms with Gasteiger partial charge in [0.25, 0.3) is 0 Å². The average Bonchev–Trinajstić information content (AvgIpc) is 2.48. The number of hydrogen-bond acceptors (Lipinski definition) is 2. The fourth-order valence-corrected chi connectivity index (χ4v) is 5.59. The van der Waals surface area contributed by atoms with Gasteiger partial charge in [-0.1, -0.05) is 38.1 Å². The van der Waals surface area contributed by atoms with E-state index in [0.29, 0.717) is 22.9 Å². The third-order valence-electron chi connectivity index (χ3n) is 5.17. The lowest BCUT2D eigenvalue weighted by Crippen LogP contribution is -2.65. The van der Waals surface area contributed by atoms with Crippen LogP contribution in [0.3, 0.4) is 0 Å². The number of hydrogen-bond donors (Lipinski definition) is 0. The van der Waals surface area contributed by atoms with E-state index in [4.69, 9.17) is 0 Å². The van der Waals surface area contributed by atoms with Gasteiger partial charge in [-0.3, -0.25) is 4.79 Å². The second-order valence-corrected chi connectivity index (χ2v) is 7.65. The highest BCUT2D eigenvalue weighted by Gasteiger charge is 2.65. The summed E-state index contributed by atoms with van der Waals surface area (Å²) in [5.74, 6) is 1.81. The molecule has 3 rings (SSSR count). The van der Waals surface area contributed by atoms with Crippen LogP contribution in [0.25, 0.3) is 0 Å². The van der Waals surface area contributed by atoms with Gasteiger partial charge in [0.1, 0.15) is 5.78 Å². The molecule has 0 radical (unpaired) electrons. The van der Waals surface area contributed by atoms with E-state index in [1.807, 2.05) is 23.9 Å². The van der Waals surface area contributed by atoms with Gasteiger partial charge in [-0.2, -0.15) is 0 Å². The molecule has 2 aliphatic carbocycles. The number of thioether (sulfide) groups is 1.